The minimum Gasteiger partial charge on any atom is -0.467 e. The van der Waals surface area contributed by atoms with Crippen LogP contribution >= 0.6 is 0 Å². The molecular formula is C14H22FNO4. The lowest BCUT2D eigenvalue weighted by atomic mass is 10.00. The SMILES string of the molecule is COC(=O)[C@@H]1[C@@H](F)[C@H]2CCC[C@H]2N1C(=O)OC(C)(C)C. The predicted molar refractivity (Wildman–Crippen MR) is 69.9 cm³/mol. The second kappa shape index (κ2) is 5.22. The molecule has 2 rings (SSSR count). The quantitative estimate of drug-likeness (QED) is 0.694. The summed E-state index contributed by atoms with van der Waals surface area (Å²) >= 11 is 0. The Bertz CT molecular complexity index is 406. The zero-order valence-corrected chi connectivity index (χ0v) is 12.4. The van der Waals surface area contributed by atoms with E-state index in [-0.39, 0.29) is 12.0 Å². The van der Waals surface area contributed by atoms with E-state index in [1.807, 2.05) is 0 Å². The van der Waals surface area contributed by atoms with Crippen molar-refractivity contribution in [3.8, 4) is 0 Å². The standard InChI is InChI=1S/C14H22FNO4/c1-14(2,3)20-13(18)16-9-7-5-6-8(9)10(15)11(16)12(17)19-4/h8-11H,5-7H2,1-4H3/t8-,9+,10-,11-/m0/s1. The van der Waals surface area contributed by atoms with Crippen molar-refractivity contribution in [2.45, 2.75) is 63.9 Å². The molecule has 1 amide bonds. The van der Waals surface area contributed by atoms with Crippen molar-refractivity contribution in [2.75, 3.05) is 7.11 Å². The molecule has 20 heavy (non-hydrogen) atoms. The maximum absolute atomic E-state index is 14.5. The Morgan fingerprint density at radius 2 is 1.90 bits per heavy atom. The minimum atomic E-state index is -1.37. The Morgan fingerprint density at radius 1 is 1.25 bits per heavy atom. The fourth-order valence-electron chi connectivity index (χ4n) is 3.21. The van der Waals surface area contributed by atoms with Gasteiger partial charge in [-0.25, -0.2) is 14.0 Å². The molecule has 0 bridgehead atoms. The van der Waals surface area contributed by atoms with E-state index in [2.05, 4.69) is 4.74 Å². The van der Waals surface area contributed by atoms with Crippen LogP contribution in [0.5, 0.6) is 0 Å². The fraction of sp³-hybridized carbons (Fsp3) is 0.857. The van der Waals surface area contributed by atoms with Crippen LogP contribution in [0.15, 0.2) is 0 Å². The topological polar surface area (TPSA) is 55.8 Å². The first-order valence-corrected chi connectivity index (χ1v) is 6.99. The van der Waals surface area contributed by atoms with E-state index in [4.69, 9.17) is 4.74 Å². The van der Waals surface area contributed by atoms with Gasteiger partial charge in [0.2, 0.25) is 0 Å². The number of carbonyl (C=O) groups excluding carboxylic acids is 2. The number of hydrogen-bond acceptors (Lipinski definition) is 4. The number of methoxy groups -OCH3 is 1. The molecule has 5 nitrogen and oxygen atoms in total. The molecule has 2 fully saturated rings. The van der Waals surface area contributed by atoms with Crippen molar-refractivity contribution in [3.05, 3.63) is 0 Å². The number of fused-ring (bicyclic) bond motifs is 1. The molecule has 0 aromatic heterocycles. The lowest BCUT2D eigenvalue weighted by molar-refractivity contribution is -0.148. The molecule has 1 saturated carbocycles. The molecule has 0 aromatic carbocycles. The fourth-order valence-corrected chi connectivity index (χ4v) is 3.21. The molecule has 0 radical (unpaired) electrons. The van der Waals surface area contributed by atoms with Crippen LogP contribution in [0, 0.1) is 5.92 Å². The van der Waals surface area contributed by atoms with Gasteiger partial charge in [0.05, 0.1) is 7.11 Å². The molecule has 1 heterocycles. The second-order valence-electron chi connectivity index (χ2n) is 6.46. The number of rotatable bonds is 1. The highest BCUT2D eigenvalue weighted by Gasteiger charge is 2.57. The van der Waals surface area contributed by atoms with Gasteiger partial charge in [-0.2, -0.15) is 0 Å². The van der Waals surface area contributed by atoms with Gasteiger partial charge in [0, 0.05) is 12.0 Å². The highest BCUT2D eigenvalue weighted by atomic mass is 19.1. The smallest absolute Gasteiger partial charge is 0.411 e. The minimum absolute atomic E-state index is 0.260. The molecule has 114 valence electrons. The number of carbonyl (C=O) groups is 2. The van der Waals surface area contributed by atoms with Crippen LogP contribution in [0.25, 0.3) is 0 Å². The van der Waals surface area contributed by atoms with E-state index in [1.54, 1.807) is 20.8 Å². The van der Waals surface area contributed by atoms with E-state index in [9.17, 15) is 14.0 Å². The third-order valence-electron chi connectivity index (χ3n) is 3.95. The molecule has 0 spiro atoms. The summed E-state index contributed by atoms with van der Waals surface area (Å²) in [6.07, 6.45) is 0.256. The molecule has 4 atom stereocenters. The first kappa shape index (κ1) is 15.1. The van der Waals surface area contributed by atoms with E-state index >= 15 is 0 Å². The normalized spacial score (nSPS) is 33.0. The van der Waals surface area contributed by atoms with Gasteiger partial charge in [0.1, 0.15) is 11.8 Å². The molecule has 0 unspecified atom stereocenters. The average molecular weight is 287 g/mol. The molecular weight excluding hydrogens is 265 g/mol. The Morgan fingerprint density at radius 3 is 2.45 bits per heavy atom. The van der Waals surface area contributed by atoms with Crippen LogP contribution in [-0.2, 0) is 14.3 Å². The number of esters is 1. The lowest BCUT2D eigenvalue weighted by Crippen LogP contribution is -2.49. The van der Waals surface area contributed by atoms with Crippen LogP contribution in [0.4, 0.5) is 9.18 Å². The zero-order valence-electron chi connectivity index (χ0n) is 12.4. The number of amides is 1. The van der Waals surface area contributed by atoms with Gasteiger partial charge in [0.15, 0.2) is 6.04 Å². The Balaban J connectivity index is 2.25. The summed E-state index contributed by atoms with van der Waals surface area (Å²) in [7, 11) is 1.20. The number of likely N-dealkylation sites (tertiary alicyclic amines) is 1. The summed E-state index contributed by atoms with van der Waals surface area (Å²) in [4.78, 5) is 25.4. The van der Waals surface area contributed by atoms with Crippen LogP contribution in [-0.4, -0.2) is 47.9 Å². The summed E-state index contributed by atoms with van der Waals surface area (Å²) in [6.45, 7) is 5.23. The molecule has 1 aliphatic carbocycles. The Hall–Kier alpha value is -1.33. The molecule has 1 aliphatic heterocycles. The van der Waals surface area contributed by atoms with Crippen molar-refractivity contribution in [3.63, 3.8) is 0 Å². The summed E-state index contributed by atoms with van der Waals surface area (Å²) in [6, 6.07) is -1.44. The van der Waals surface area contributed by atoms with E-state index in [0.29, 0.717) is 12.8 Å². The van der Waals surface area contributed by atoms with Gasteiger partial charge >= 0.3 is 12.1 Å². The summed E-state index contributed by atoms with van der Waals surface area (Å²) in [5.41, 5.74) is -0.680. The highest BCUT2D eigenvalue weighted by molar-refractivity contribution is 5.83. The van der Waals surface area contributed by atoms with Crippen LogP contribution in [0.2, 0.25) is 0 Å². The molecule has 0 N–H and O–H groups in total. The number of halogens is 1. The van der Waals surface area contributed by atoms with Gasteiger partial charge in [-0.15, -0.1) is 0 Å². The van der Waals surface area contributed by atoms with Crippen LogP contribution in [0.1, 0.15) is 40.0 Å². The van der Waals surface area contributed by atoms with Gasteiger partial charge in [-0.3, -0.25) is 4.90 Å². The summed E-state index contributed by atoms with van der Waals surface area (Å²) < 4.78 is 24.4. The monoisotopic (exact) mass is 287 g/mol. The van der Waals surface area contributed by atoms with Crippen molar-refractivity contribution in [1.29, 1.82) is 0 Å². The number of nitrogens with zero attached hydrogens (tertiary/aromatic N) is 1. The average Bonchev–Trinajstić information content (AvgIpc) is 2.88. The van der Waals surface area contributed by atoms with Crippen LogP contribution < -0.4 is 0 Å². The number of hydrogen-bond donors (Lipinski definition) is 0. The summed E-state index contributed by atoms with van der Waals surface area (Å²) in [5.74, 6) is -0.996. The highest BCUT2D eigenvalue weighted by Crippen LogP contribution is 2.43. The van der Waals surface area contributed by atoms with Crippen molar-refractivity contribution >= 4 is 12.1 Å². The van der Waals surface area contributed by atoms with Gasteiger partial charge in [-0.05, 0) is 33.6 Å². The molecule has 0 aromatic rings. The van der Waals surface area contributed by atoms with E-state index in [1.165, 1.54) is 12.0 Å². The van der Waals surface area contributed by atoms with Gasteiger partial charge < -0.3 is 9.47 Å². The second-order valence-corrected chi connectivity index (χ2v) is 6.46. The predicted octanol–water partition coefficient (Wildman–Crippen LogP) is 2.29. The number of alkyl halides is 1. The zero-order chi connectivity index (χ0) is 15.1. The van der Waals surface area contributed by atoms with Crippen molar-refractivity contribution in [1.82, 2.24) is 4.90 Å². The first-order valence-electron chi connectivity index (χ1n) is 6.99. The Labute approximate surface area is 118 Å². The maximum Gasteiger partial charge on any atom is 0.411 e. The Kier molecular flexibility index (Phi) is 3.93. The summed E-state index contributed by atoms with van der Waals surface area (Å²) in [5, 5.41) is 0. The van der Waals surface area contributed by atoms with Crippen molar-refractivity contribution in [2.24, 2.45) is 5.92 Å². The third-order valence-corrected chi connectivity index (χ3v) is 3.95. The number of ether oxygens (including phenoxy) is 2. The third kappa shape index (κ3) is 2.60. The molecule has 1 saturated heterocycles. The molecule has 2 aliphatic rings. The molecule has 6 heteroatoms. The van der Waals surface area contributed by atoms with Crippen LogP contribution in [0.3, 0.4) is 0 Å². The lowest BCUT2D eigenvalue weighted by Gasteiger charge is -2.30. The maximum atomic E-state index is 14.5. The first-order chi connectivity index (χ1) is 9.26. The van der Waals surface area contributed by atoms with Gasteiger partial charge in [-0.1, -0.05) is 6.42 Å². The van der Waals surface area contributed by atoms with E-state index < -0.39 is 29.9 Å². The van der Waals surface area contributed by atoms with E-state index in [0.717, 1.165) is 6.42 Å². The van der Waals surface area contributed by atoms with Gasteiger partial charge in [0.25, 0.3) is 0 Å². The largest absolute Gasteiger partial charge is 0.467 e. The van der Waals surface area contributed by atoms with Crippen molar-refractivity contribution < 1.29 is 23.5 Å².